The van der Waals surface area contributed by atoms with Crippen molar-refractivity contribution in [1.82, 2.24) is 4.90 Å². The second-order valence-electron chi connectivity index (χ2n) is 3.62. The van der Waals surface area contributed by atoms with Crippen molar-refractivity contribution in [3.63, 3.8) is 0 Å². The van der Waals surface area contributed by atoms with Gasteiger partial charge in [-0.1, -0.05) is 0 Å². The maximum Gasteiger partial charge on any atom is 0.454 e. The molecule has 2 N–H and O–H groups in total. The first-order valence-electron chi connectivity index (χ1n) is 4.68. The molecule has 0 unspecified atom stereocenters. The van der Waals surface area contributed by atoms with Crippen molar-refractivity contribution in [3.8, 4) is 0 Å². The van der Waals surface area contributed by atoms with Crippen molar-refractivity contribution in [2.75, 3.05) is 6.54 Å². The molecule has 1 aliphatic heterocycles. The predicted molar refractivity (Wildman–Crippen MR) is 49.0 cm³/mol. The molecule has 0 spiro atoms. The molecule has 1 rings (SSSR count). The monoisotopic (exact) mass is 253 g/mol. The Hall–Kier alpha value is -1.57. The van der Waals surface area contributed by atoms with Gasteiger partial charge in [0.25, 0.3) is 5.78 Å². The highest BCUT2D eigenvalue weighted by Crippen LogP contribution is 2.20. The van der Waals surface area contributed by atoms with Gasteiger partial charge in [0, 0.05) is 25.2 Å². The van der Waals surface area contributed by atoms with Gasteiger partial charge in [-0.3, -0.25) is 4.79 Å². The number of hydrogen-bond donors (Lipinski definition) is 2. The van der Waals surface area contributed by atoms with Crippen LogP contribution in [0.25, 0.3) is 0 Å². The Balaban J connectivity index is 2.71. The van der Waals surface area contributed by atoms with Gasteiger partial charge in [-0.25, -0.2) is 4.79 Å². The Bertz CT molecular complexity index is 353. The van der Waals surface area contributed by atoms with Crippen LogP contribution in [0.15, 0.2) is 12.3 Å². The molecule has 1 aliphatic rings. The Labute approximate surface area is 94.1 Å². The van der Waals surface area contributed by atoms with Crippen LogP contribution in [-0.4, -0.2) is 51.7 Å². The third-order valence-corrected chi connectivity index (χ3v) is 2.30. The summed E-state index contributed by atoms with van der Waals surface area (Å²) in [5, 5.41) is 17.9. The number of aliphatic hydroxyl groups excluding tert-OH is 1. The average molecular weight is 253 g/mol. The molecule has 0 amide bonds. The molecule has 0 aromatic heterocycles. The van der Waals surface area contributed by atoms with E-state index in [0.717, 1.165) is 11.1 Å². The van der Waals surface area contributed by atoms with Gasteiger partial charge in [0.2, 0.25) is 0 Å². The van der Waals surface area contributed by atoms with E-state index >= 15 is 0 Å². The number of carboxylic acids is 1. The van der Waals surface area contributed by atoms with E-state index in [1.54, 1.807) is 0 Å². The fourth-order valence-corrected chi connectivity index (χ4v) is 1.50. The summed E-state index contributed by atoms with van der Waals surface area (Å²) in [5.74, 6) is -3.33. The maximum atomic E-state index is 11.9. The molecule has 17 heavy (non-hydrogen) atoms. The van der Waals surface area contributed by atoms with Gasteiger partial charge in [0.05, 0.1) is 6.10 Å². The van der Waals surface area contributed by atoms with Crippen molar-refractivity contribution in [3.05, 3.63) is 12.3 Å². The fraction of sp³-hybridized carbons (Fsp3) is 0.556. The van der Waals surface area contributed by atoms with E-state index in [2.05, 4.69) is 0 Å². The number of hydrogen-bond acceptors (Lipinski definition) is 4. The third kappa shape index (κ3) is 3.45. The van der Waals surface area contributed by atoms with Crippen LogP contribution in [0.1, 0.15) is 6.42 Å². The number of β-amino-alcohol motifs (C(OH)–C–C–N with tert-alkyl or cyclic N) is 1. The summed E-state index contributed by atoms with van der Waals surface area (Å²) < 4.78 is 35.6. The van der Waals surface area contributed by atoms with Gasteiger partial charge in [-0.2, -0.15) is 13.2 Å². The maximum absolute atomic E-state index is 11.9. The summed E-state index contributed by atoms with van der Waals surface area (Å²) in [6.45, 7) is -0.112. The van der Waals surface area contributed by atoms with Crippen LogP contribution in [0.2, 0.25) is 0 Å². The smallest absolute Gasteiger partial charge is 0.454 e. The van der Waals surface area contributed by atoms with Crippen molar-refractivity contribution in [2.24, 2.45) is 0 Å². The number of halogens is 3. The molecule has 1 fully saturated rings. The number of allylic oxidation sites excluding steroid dienone is 1. The summed E-state index contributed by atoms with van der Waals surface area (Å²) >= 11 is 0. The van der Waals surface area contributed by atoms with Crippen LogP contribution in [0.5, 0.6) is 0 Å². The van der Waals surface area contributed by atoms with E-state index in [1.165, 1.54) is 0 Å². The van der Waals surface area contributed by atoms with Crippen LogP contribution in [0, 0.1) is 0 Å². The lowest BCUT2D eigenvalue weighted by atomic mass is 10.2. The molecule has 1 saturated heterocycles. The Morgan fingerprint density at radius 3 is 2.41 bits per heavy atom. The van der Waals surface area contributed by atoms with Gasteiger partial charge in [-0.15, -0.1) is 0 Å². The number of nitrogens with zero attached hydrogens (tertiary/aromatic N) is 1. The molecule has 0 radical (unpaired) electrons. The number of carboxylic acid groups (broad SMARTS) is 1. The Morgan fingerprint density at radius 1 is 1.35 bits per heavy atom. The van der Waals surface area contributed by atoms with Crippen LogP contribution < -0.4 is 0 Å². The SMILES string of the molecule is O=C(O)[C@@H]1C[C@@H](O)CN1/C=C/C(=O)C(F)(F)F. The van der Waals surface area contributed by atoms with E-state index in [0.29, 0.717) is 0 Å². The van der Waals surface area contributed by atoms with Gasteiger partial charge in [-0.05, 0) is 0 Å². The van der Waals surface area contributed by atoms with Crippen LogP contribution in [0.3, 0.4) is 0 Å². The molecular formula is C9H10F3NO4. The zero-order valence-electron chi connectivity index (χ0n) is 8.52. The average Bonchev–Trinajstić information content (AvgIpc) is 2.54. The third-order valence-electron chi connectivity index (χ3n) is 2.30. The minimum Gasteiger partial charge on any atom is -0.480 e. The van der Waals surface area contributed by atoms with E-state index in [-0.39, 0.29) is 19.0 Å². The van der Waals surface area contributed by atoms with E-state index in [9.17, 15) is 27.9 Å². The molecule has 96 valence electrons. The summed E-state index contributed by atoms with van der Waals surface area (Å²) in [6, 6.07) is -1.11. The van der Waals surface area contributed by atoms with E-state index in [4.69, 9.17) is 5.11 Å². The van der Waals surface area contributed by atoms with Crippen molar-refractivity contribution in [1.29, 1.82) is 0 Å². The number of rotatable bonds is 3. The standard InChI is InChI=1S/C9H10F3NO4/c10-9(11,12)7(15)1-2-13-4-5(14)3-6(13)8(16)17/h1-2,5-6,14H,3-4H2,(H,16,17)/b2-1+/t5-,6+/m1/s1. The number of ketones is 1. The lowest BCUT2D eigenvalue weighted by Crippen LogP contribution is -2.32. The number of alkyl halides is 3. The normalized spacial score (nSPS) is 25.5. The first kappa shape index (κ1) is 13.5. The Morgan fingerprint density at radius 2 is 1.94 bits per heavy atom. The summed E-state index contributed by atoms with van der Waals surface area (Å²) in [5.41, 5.74) is 0. The summed E-state index contributed by atoms with van der Waals surface area (Å²) in [4.78, 5) is 22.2. The molecule has 0 saturated carbocycles. The zero-order valence-corrected chi connectivity index (χ0v) is 8.52. The number of aliphatic hydroxyl groups is 1. The quantitative estimate of drug-likeness (QED) is 0.700. The molecular weight excluding hydrogens is 243 g/mol. The van der Waals surface area contributed by atoms with Crippen LogP contribution >= 0.6 is 0 Å². The second kappa shape index (κ2) is 4.74. The lowest BCUT2D eigenvalue weighted by Gasteiger charge is -2.17. The first-order valence-corrected chi connectivity index (χ1v) is 4.68. The number of carbonyl (C=O) groups excluding carboxylic acids is 1. The zero-order chi connectivity index (χ0) is 13.2. The molecule has 8 heteroatoms. The van der Waals surface area contributed by atoms with Crippen molar-refractivity contribution < 1.29 is 33.0 Å². The predicted octanol–water partition coefficient (Wildman–Crippen LogP) is 0.151. The highest BCUT2D eigenvalue weighted by Gasteiger charge is 2.38. The molecule has 2 atom stereocenters. The van der Waals surface area contributed by atoms with Gasteiger partial charge in [0.15, 0.2) is 0 Å². The fourth-order valence-electron chi connectivity index (χ4n) is 1.50. The van der Waals surface area contributed by atoms with E-state index < -0.39 is 30.1 Å². The molecule has 5 nitrogen and oxygen atoms in total. The molecule has 1 heterocycles. The minimum absolute atomic E-state index is 0.0835. The molecule has 0 bridgehead atoms. The van der Waals surface area contributed by atoms with Gasteiger partial charge >= 0.3 is 12.1 Å². The van der Waals surface area contributed by atoms with Crippen molar-refractivity contribution >= 4 is 11.8 Å². The molecule has 0 aliphatic carbocycles. The minimum atomic E-state index is -4.98. The Kier molecular flexibility index (Phi) is 3.76. The molecule has 0 aromatic carbocycles. The largest absolute Gasteiger partial charge is 0.480 e. The van der Waals surface area contributed by atoms with Crippen LogP contribution in [-0.2, 0) is 9.59 Å². The number of carbonyl (C=O) groups is 2. The highest BCUT2D eigenvalue weighted by molar-refractivity contribution is 5.94. The van der Waals surface area contributed by atoms with Crippen LogP contribution in [0.4, 0.5) is 13.2 Å². The number of aliphatic carboxylic acids is 1. The lowest BCUT2D eigenvalue weighted by molar-refractivity contribution is -0.165. The number of likely N-dealkylation sites (tertiary alicyclic amines) is 1. The van der Waals surface area contributed by atoms with E-state index in [1.807, 2.05) is 0 Å². The topological polar surface area (TPSA) is 77.8 Å². The molecule has 0 aromatic rings. The van der Waals surface area contributed by atoms with Crippen molar-refractivity contribution in [2.45, 2.75) is 24.7 Å². The summed E-state index contributed by atoms with van der Waals surface area (Å²) in [7, 11) is 0. The van der Waals surface area contributed by atoms with Gasteiger partial charge < -0.3 is 15.1 Å². The first-order chi connectivity index (χ1) is 7.71. The summed E-state index contributed by atoms with van der Waals surface area (Å²) in [6.07, 6.45) is -4.98. The van der Waals surface area contributed by atoms with Gasteiger partial charge in [0.1, 0.15) is 6.04 Å². The highest BCUT2D eigenvalue weighted by atomic mass is 19.4. The second-order valence-corrected chi connectivity index (χ2v) is 3.62.